The first kappa shape index (κ1) is 23.5. The molecule has 8 nitrogen and oxygen atoms in total. The van der Waals surface area contributed by atoms with Crippen LogP contribution in [0.15, 0.2) is 23.1 Å². The number of carbonyl (C=O) groups is 2. The first-order valence-corrected chi connectivity index (χ1v) is 12.5. The second-order valence-electron chi connectivity index (χ2n) is 8.22. The van der Waals surface area contributed by atoms with Gasteiger partial charge in [0.25, 0.3) is 5.91 Å². The molecule has 2 fully saturated rings. The van der Waals surface area contributed by atoms with Crippen LogP contribution < -0.4 is 10.1 Å². The van der Waals surface area contributed by atoms with Crippen LogP contribution in [0.25, 0.3) is 0 Å². The van der Waals surface area contributed by atoms with Crippen LogP contribution in [-0.2, 0) is 19.6 Å². The van der Waals surface area contributed by atoms with E-state index < -0.39 is 22.1 Å². The first-order chi connectivity index (χ1) is 14.8. The number of methoxy groups -OCH3 is 1. The molecule has 1 aromatic carbocycles. The molecular weight excluding hydrogens is 420 g/mol. The normalized spacial score (nSPS) is 19.4. The third-order valence-corrected chi connectivity index (χ3v) is 7.86. The zero-order valence-corrected chi connectivity index (χ0v) is 19.1. The van der Waals surface area contributed by atoms with Crippen LogP contribution in [0.3, 0.4) is 0 Å². The van der Waals surface area contributed by atoms with Crippen LogP contribution in [0.1, 0.15) is 68.6 Å². The minimum absolute atomic E-state index is 0.0627. The monoisotopic (exact) mass is 452 g/mol. The van der Waals surface area contributed by atoms with Gasteiger partial charge >= 0.3 is 5.97 Å². The van der Waals surface area contributed by atoms with E-state index in [1.165, 1.54) is 49.4 Å². The van der Waals surface area contributed by atoms with Crippen molar-refractivity contribution < 1.29 is 27.5 Å². The van der Waals surface area contributed by atoms with Gasteiger partial charge in [0.15, 0.2) is 6.10 Å². The Morgan fingerprint density at radius 3 is 2.32 bits per heavy atom. The van der Waals surface area contributed by atoms with E-state index >= 15 is 0 Å². The molecule has 1 amide bonds. The van der Waals surface area contributed by atoms with Crippen LogP contribution in [0.5, 0.6) is 5.75 Å². The fourth-order valence-electron chi connectivity index (χ4n) is 4.10. The predicted octanol–water partition coefficient (Wildman–Crippen LogP) is 2.86. The van der Waals surface area contributed by atoms with Crippen molar-refractivity contribution in [2.24, 2.45) is 0 Å². The Morgan fingerprint density at radius 2 is 1.71 bits per heavy atom. The highest BCUT2D eigenvalue weighted by molar-refractivity contribution is 7.89. The minimum atomic E-state index is -3.78. The lowest BCUT2D eigenvalue weighted by molar-refractivity contribution is -0.129. The quantitative estimate of drug-likeness (QED) is 0.504. The average Bonchev–Trinajstić information content (AvgIpc) is 3.20. The SMILES string of the molecule is COc1ccc(C(=O)OC(C)C(=O)NC2CCCCCC2)cc1S(=O)(=O)N1CCCC1. The van der Waals surface area contributed by atoms with Crippen molar-refractivity contribution in [2.75, 3.05) is 20.2 Å². The number of sulfonamides is 1. The Hall–Kier alpha value is -2.13. The summed E-state index contributed by atoms with van der Waals surface area (Å²) in [4.78, 5) is 25.1. The number of amides is 1. The summed E-state index contributed by atoms with van der Waals surface area (Å²) in [5.74, 6) is -0.912. The van der Waals surface area contributed by atoms with Gasteiger partial charge in [0, 0.05) is 19.1 Å². The van der Waals surface area contributed by atoms with Gasteiger partial charge in [-0.3, -0.25) is 4.79 Å². The largest absolute Gasteiger partial charge is 0.495 e. The molecule has 2 aliphatic rings. The highest BCUT2D eigenvalue weighted by atomic mass is 32.2. The molecule has 1 aliphatic heterocycles. The van der Waals surface area contributed by atoms with Crippen molar-refractivity contribution in [3.05, 3.63) is 23.8 Å². The molecule has 0 spiro atoms. The molecule has 1 aromatic rings. The van der Waals surface area contributed by atoms with Crippen molar-refractivity contribution in [3.8, 4) is 5.75 Å². The zero-order valence-electron chi connectivity index (χ0n) is 18.3. The number of nitrogens with one attached hydrogen (secondary N) is 1. The minimum Gasteiger partial charge on any atom is -0.495 e. The van der Waals surface area contributed by atoms with Gasteiger partial charge in [-0.2, -0.15) is 4.31 Å². The molecule has 172 valence electrons. The highest BCUT2D eigenvalue weighted by Crippen LogP contribution is 2.30. The van der Waals surface area contributed by atoms with Gasteiger partial charge in [-0.05, 0) is 50.8 Å². The molecule has 1 heterocycles. The lowest BCUT2D eigenvalue weighted by atomic mass is 10.1. The molecule has 1 N–H and O–H groups in total. The summed E-state index contributed by atoms with van der Waals surface area (Å²) < 4.78 is 37.9. The number of esters is 1. The molecule has 0 radical (unpaired) electrons. The standard InChI is InChI=1S/C22H32N2O6S/c1-16(21(25)23-18-9-5-3-4-6-10-18)30-22(26)17-11-12-19(29-2)20(15-17)31(27,28)24-13-7-8-14-24/h11-12,15-16,18H,3-10,13-14H2,1-2H3,(H,23,25). The van der Waals surface area contributed by atoms with Crippen molar-refractivity contribution >= 4 is 21.9 Å². The van der Waals surface area contributed by atoms with Crippen LogP contribution in [0.4, 0.5) is 0 Å². The Balaban J connectivity index is 1.70. The maximum Gasteiger partial charge on any atom is 0.338 e. The second kappa shape index (κ2) is 10.5. The number of nitrogens with zero attached hydrogens (tertiary/aromatic N) is 1. The van der Waals surface area contributed by atoms with Crippen LogP contribution in [-0.4, -0.2) is 56.9 Å². The zero-order chi connectivity index (χ0) is 22.4. The van der Waals surface area contributed by atoms with Crippen molar-refractivity contribution in [3.63, 3.8) is 0 Å². The number of hydrogen-bond acceptors (Lipinski definition) is 6. The van der Waals surface area contributed by atoms with Crippen LogP contribution >= 0.6 is 0 Å². The summed E-state index contributed by atoms with van der Waals surface area (Å²) in [7, 11) is -2.40. The van der Waals surface area contributed by atoms with Gasteiger partial charge in [0.05, 0.1) is 12.7 Å². The van der Waals surface area contributed by atoms with Gasteiger partial charge in [0.2, 0.25) is 10.0 Å². The lowest BCUT2D eigenvalue weighted by Gasteiger charge is -2.20. The molecule has 0 aromatic heterocycles. The summed E-state index contributed by atoms with van der Waals surface area (Å²) in [6, 6.07) is 4.26. The molecule has 9 heteroatoms. The second-order valence-corrected chi connectivity index (χ2v) is 10.1. The summed E-state index contributed by atoms with van der Waals surface area (Å²) in [6.07, 6.45) is 7.02. The molecule has 1 saturated carbocycles. The number of benzene rings is 1. The van der Waals surface area contributed by atoms with Gasteiger partial charge in [-0.1, -0.05) is 25.7 Å². The highest BCUT2D eigenvalue weighted by Gasteiger charge is 2.31. The van der Waals surface area contributed by atoms with E-state index in [2.05, 4.69) is 5.32 Å². The molecule has 31 heavy (non-hydrogen) atoms. The van der Waals surface area contributed by atoms with E-state index in [4.69, 9.17) is 9.47 Å². The number of ether oxygens (including phenoxy) is 2. The van der Waals surface area contributed by atoms with E-state index in [1.54, 1.807) is 0 Å². The van der Waals surface area contributed by atoms with Gasteiger partial charge in [0.1, 0.15) is 10.6 Å². The summed E-state index contributed by atoms with van der Waals surface area (Å²) in [5, 5.41) is 2.97. The van der Waals surface area contributed by atoms with Gasteiger partial charge in [-0.25, -0.2) is 13.2 Å². The number of rotatable bonds is 7. The first-order valence-electron chi connectivity index (χ1n) is 11.0. The average molecular weight is 453 g/mol. The Labute approximate surface area is 184 Å². The van der Waals surface area contributed by atoms with E-state index in [-0.39, 0.29) is 28.2 Å². The number of hydrogen-bond donors (Lipinski definition) is 1. The fourth-order valence-corrected chi connectivity index (χ4v) is 5.80. The van der Waals surface area contributed by atoms with Gasteiger partial charge < -0.3 is 14.8 Å². The molecule has 1 atom stereocenters. The van der Waals surface area contributed by atoms with Crippen molar-refractivity contribution in [1.82, 2.24) is 9.62 Å². The van der Waals surface area contributed by atoms with Crippen LogP contribution in [0.2, 0.25) is 0 Å². The summed E-state index contributed by atoms with van der Waals surface area (Å²) in [6.45, 7) is 2.41. The molecule has 1 saturated heterocycles. The number of carbonyl (C=O) groups excluding carboxylic acids is 2. The molecule has 1 unspecified atom stereocenters. The maximum absolute atomic E-state index is 13.0. The summed E-state index contributed by atoms with van der Waals surface area (Å²) >= 11 is 0. The van der Waals surface area contributed by atoms with Crippen molar-refractivity contribution in [2.45, 2.75) is 75.3 Å². The summed E-state index contributed by atoms with van der Waals surface area (Å²) in [5.41, 5.74) is 0.0627. The molecule has 0 bridgehead atoms. The fraction of sp³-hybridized carbons (Fsp3) is 0.636. The maximum atomic E-state index is 13.0. The van der Waals surface area contributed by atoms with E-state index in [0.29, 0.717) is 13.1 Å². The Morgan fingerprint density at radius 1 is 1.06 bits per heavy atom. The predicted molar refractivity (Wildman–Crippen MR) is 115 cm³/mol. The topological polar surface area (TPSA) is 102 Å². The van der Waals surface area contributed by atoms with E-state index in [9.17, 15) is 18.0 Å². The van der Waals surface area contributed by atoms with Crippen molar-refractivity contribution in [1.29, 1.82) is 0 Å². The Bertz CT molecular complexity index is 887. The van der Waals surface area contributed by atoms with Gasteiger partial charge in [-0.15, -0.1) is 0 Å². The third kappa shape index (κ3) is 5.77. The van der Waals surface area contributed by atoms with E-state index in [1.807, 2.05) is 0 Å². The lowest BCUT2D eigenvalue weighted by Crippen LogP contribution is -2.41. The molecular formula is C22H32N2O6S. The third-order valence-electron chi connectivity index (χ3n) is 5.94. The Kier molecular flexibility index (Phi) is 7.94. The van der Waals surface area contributed by atoms with Crippen LogP contribution in [0, 0.1) is 0 Å². The smallest absolute Gasteiger partial charge is 0.338 e. The molecule has 3 rings (SSSR count). The van der Waals surface area contributed by atoms with E-state index in [0.717, 1.165) is 38.5 Å². The molecule has 1 aliphatic carbocycles.